The number of nitrogens with one attached hydrogen (secondary N) is 2. The van der Waals surface area contributed by atoms with E-state index in [0.717, 1.165) is 10.2 Å². The Morgan fingerprint density at radius 1 is 1.35 bits per heavy atom. The lowest BCUT2D eigenvalue weighted by Gasteiger charge is -2.19. The van der Waals surface area contributed by atoms with Crippen LogP contribution in [0.2, 0.25) is 10.0 Å². The number of hydrogen-bond donors (Lipinski definition) is 2. The molecule has 0 amide bonds. The molecule has 2 N–H and O–H groups in total. The zero-order valence-electron chi connectivity index (χ0n) is 14.3. The van der Waals surface area contributed by atoms with Gasteiger partial charge in [-0.1, -0.05) is 29.3 Å². The summed E-state index contributed by atoms with van der Waals surface area (Å²) >= 11 is 12.1. The van der Waals surface area contributed by atoms with Gasteiger partial charge in [0.15, 0.2) is 11.7 Å². The number of nitrogens with zero attached hydrogens (tertiary/aromatic N) is 3. The van der Waals surface area contributed by atoms with Gasteiger partial charge in [0, 0.05) is 42.4 Å². The summed E-state index contributed by atoms with van der Waals surface area (Å²) in [4.78, 5) is 4.03. The molecule has 2 rings (SSSR count). The van der Waals surface area contributed by atoms with E-state index < -0.39 is 11.9 Å². The first-order valence-corrected chi connectivity index (χ1v) is 8.39. The molecule has 26 heavy (non-hydrogen) atoms. The molecule has 142 valence electrons. The maximum absolute atomic E-state index is 13.0. The number of aliphatic imine (C=N–C) groups is 1. The van der Waals surface area contributed by atoms with E-state index in [9.17, 15) is 13.2 Å². The Labute approximate surface area is 159 Å². The van der Waals surface area contributed by atoms with E-state index in [1.54, 1.807) is 18.2 Å². The van der Waals surface area contributed by atoms with Gasteiger partial charge in [-0.15, -0.1) is 0 Å². The van der Waals surface area contributed by atoms with Crippen molar-refractivity contribution < 1.29 is 13.2 Å². The molecule has 1 heterocycles. The fourth-order valence-electron chi connectivity index (χ4n) is 2.41. The number of hydrogen-bond acceptors (Lipinski definition) is 2. The fraction of sp³-hybridized carbons (Fsp3) is 0.375. The summed E-state index contributed by atoms with van der Waals surface area (Å²) < 4.78 is 40.1. The van der Waals surface area contributed by atoms with Gasteiger partial charge in [-0.3, -0.25) is 9.67 Å². The highest BCUT2D eigenvalue weighted by Crippen LogP contribution is 2.30. The van der Waals surface area contributed by atoms with Crippen molar-refractivity contribution in [1.29, 1.82) is 0 Å². The van der Waals surface area contributed by atoms with Crippen LogP contribution in [-0.4, -0.2) is 22.8 Å². The number of aryl methyl sites for hydroxylation is 1. The predicted molar refractivity (Wildman–Crippen MR) is 96.4 cm³/mol. The third kappa shape index (κ3) is 5.04. The molecule has 5 nitrogen and oxygen atoms in total. The Balaban J connectivity index is 2.07. The Hall–Kier alpha value is -1.93. The number of guanidine groups is 1. The zero-order valence-corrected chi connectivity index (χ0v) is 15.8. The monoisotopic (exact) mass is 407 g/mol. The highest BCUT2D eigenvalue weighted by atomic mass is 35.5. The minimum atomic E-state index is -4.51. The van der Waals surface area contributed by atoms with Crippen molar-refractivity contribution >= 4 is 29.2 Å². The lowest BCUT2D eigenvalue weighted by molar-refractivity contribution is -0.142. The molecule has 0 spiro atoms. The van der Waals surface area contributed by atoms with Crippen LogP contribution in [-0.2, 0) is 19.8 Å². The van der Waals surface area contributed by atoms with Crippen molar-refractivity contribution in [1.82, 2.24) is 20.4 Å². The van der Waals surface area contributed by atoms with Crippen LogP contribution in [0.4, 0.5) is 13.2 Å². The van der Waals surface area contributed by atoms with Gasteiger partial charge in [0.05, 0.1) is 6.04 Å². The van der Waals surface area contributed by atoms with Crippen molar-refractivity contribution in [3.63, 3.8) is 0 Å². The van der Waals surface area contributed by atoms with Crippen molar-refractivity contribution in [3.05, 3.63) is 51.3 Å². The van der Waals surface area contributed by atoms with Crippen molar-refractivity contribution in [3.8, 4) is 0 Å². The highest BCUT2D eigenvalue weighted by Gasteiger charge is 2.36. The minimum absolute atomic E-state index is 0.0279. The van der Waals surface area contributed by atoms with E-state index in [0.29, 0.717) is 16.0 Å². The van der Waals surface area contributed by atoms with Crippen LogP contribution in [0.5, 0.6) is 0 Å². The largest absolute Gasteiger partial charge is 0.435 e. The van der Waals surface area contributed by atoms with Gasteiger partial charge in [-0.25, -0.2) is 0 Å². The summed E-state index contributed by atoms with van der Waals surface area (Å²) in [7, 11) is 2.97. The van der Waals surface area contributed by atoms with E-state index >= 15 is 0 Å². The zero-order chi connectivity index (χ0) is 19.5. The van der Waals surface area contributed by atoms with Gasteiger partial charge in [0.1, 0.15) is 0 Å². The van der Waals surface area contributed by atoms with Gasteiger partial charge in [0.25, 0.3) is 0 Å². The number of rotatable bonds is 4. The van der Waals surface area contributed by atoms with Gasteiger partial charge in [-0.05, 0) is 24.6 Å². The van der Waals surface area contributed by atoms with Crippen LogP contribution < -0.4 is 10.6 Å². The topological polar surface area (TPSA) is 54.2 Å². The molecule has 0 aliphatic heterocycles. The predicted octanol–water partition coefficient (Wildman–Crippen LogP) is 4.17. The highest BCUT2D eigenvalue weighted by molar-refractivity contribution is 6.35. The Kier molecular flexibility index (Phi) is 6.41. The normalized spacial score (nSPS) is 13.6. The second-order valence-corrected chi connectivity index (χ2v) is 6.48. The first-order chi connectivity index (χ1) is 12.1. The summed E-state index contributed by atoms with van der Waals surface area (Å²) in [6.07, 6.45) is -3.19. The Morgan fingerprint density at radius 3 is 2.62 bits per heavy atom. The lowest BCUT2D eigenvalue weighted by Crippen LogP contribution is -2.38. The van der Waals surface area contributed by atoms with Crippen LogP contribution in [0, 0.1) is 0 Å². The van der Waals surface area contributed by atoms with E-state index in [1.807, 2.05) is 6.92 Å². The van der Waals surface area contributed by atoms with Gasteiger partial charge in [-0.2, -0.15) is 18.3 Å². The third-order valence-corrected chi connectivity index (χ3v) is 4.19. The molecule has 0 fully saturated rings. The average molecular weight is 408 g/mol. The molecule has 1 unspecified atom stereocenters. The number of benzene rings is 1. The molecule has 0 saturated carbocycles. The standard InChI is InChI=1S/C16H18Cl2F3N5/c1-9(12-5-4-11(17)6-13(12)18)24-15(22-2)23-7-10-8-26(3)25-14(10)16(19,20)21/h4-6,8-9H,7H2,1-3H3,(H2,22,23,24). The van der Waals surface area contributed by atoms with Crippen LogP contribution in [0.3, 0.4) is 0 Å². The molecule has 1 aromatic carbocycles. The second kappa shape index (κ2) is 8.18. The first kappa shape index (κ1) is 20.4. The average Bonchev–Trinajstić information content (AvgIpc) is 2.92. The fourth-order valence-corrected chi connectivity index (χ4v) is 2.99. The van der Waals surface area contributed by atoms with Gasteiger partial charge < -0.3 is 10.6 Å². The summed E-state index contributed by atoms with van der Waals surface area (Å²) in [6.45, 7) is 1.77. The maximum Gasteiger partial charge on any atom is 0.435 e. The molecule has 0 aliphatic carbocycles. The van der Waals surface area contributed by atoms with E-state index in [1.165, 1.54) is 20.3 Å². The van der Waals surface area contributed by atoms with E-state index in [4.69, 9.17) is 23.2 Å². The summed E-state index contributed by atoms with van der Waals surface area (Å²) in [5.41, 5.74) is -0.103. The second-order valence-electron chi connectivity index (χ2n) is 5.63. The summed E-state index contributed by atoms with van der Waals surface area (Å²) in [5, 5.41) is 10.4. The molecule has 0 aliphatic rings. The van der Waals surface area contributed by atoms with E-state index in [2.05, 4.69) is 20.7 Å². The van der Waals surface area contributed by atoms with Crippen LogP contribution >= 0.6 is 23.2 Å². The summed E-state index contributed by atoms with van der Waals surface area (Å²) in [5.74, 6) is 0.334. The van der Waals surface area contributed by atoms with Gasteiger partial charge in [0.2, 0.25) is 0 Å². The quantitative estimate of drug-likeness (QED) is 0.590. The van der Waals surface area contributed by atoms with E-state index in [-0.39, 0.29) is 18.2 Å². The number of halogens is 5. The lowest BCUT2D eigenvalue weighted by atomic mass is 10.1. The van der Waals surface area contributed by atoms with Crippen molar-refractivity contribution in [2.75, 3.05) is 7.05 Å². The number of aromatic nitrogens is 2. The van der Waals surface area contributed by atoms with Crippen molar-refractivity contribution in [2.45, 2.75) is 25.7 Å². The SMILES string of the molecule is CN=C(NCc1cn(C)nc1C(F)(F)F)NC(C)c1ccc(Cl)cc1Cl. The molecule has 10 heteroatoms. The Morgan fingerprint density at radius 2 is 2.04 bits per heavy atom. The minimum Gasteiger partial charge on any atom is -0.352 e. The van der Waals surface area contributed by atoms with Crippen LogP contribution in [0.25, 0.3) is 0 Å². The smallest absolute Gasteiger partial charge is 0.352 e. The molecule has 1 atom stereocenters. The summed E-state index contributed by atoms with van der Waals surface area (Å²) in [6, 6.07) is 4.88. The molecule has 0 bridgehead atoms. The third-order valence-electron chi connectivity index (χ3n) is 3.63. The molecule has 0 saturated heterocycles. The first-order valence-electron chi connectivity index (χ1n) is 7.63. The molecule has 1 aromatic heterocycles. The molecular formula is C16H18Cl2F3N5. The van der Waals surface area contributed by atoms with Crippen LogP contribution in [0.1, 0.15) is 29.8 Å². The van der Waals surface area contributed by atoms with Crippen LogP contribution in [0.15, 0.2) is 29.4 Å². The Bertz CT molecular complexity index is 802. The van der Waals surface area contributed by atoms with Crippen molar-refractivity contribution in [2.24, 2.45) is 12.0 Å². The molecular weight excluding hydrogens is 390 g/mol. The number of alkyl halides is 3. The molecule has 2 aromatic rings. The molecule has 0 radical (unpaired) electrons. The maximum atomic E-state index is 13.0. The van der Waals surface area contributed by atoms with Gasteiger partial charge >= 0.3 is 6.18 Å².